The minimum atomic E-state index is -0.224. The van der Waals surface area contributed by atoms with Gasteiger partial charge in [-0.15, -0.1) is 0 Å². The number of nitrogens with zero attached hydrogens (tertiary/aromatic N) is 2. The third-order valence-electron chi connectivity index (χ3n) is 4.39. The molecule has 0 aliphatic carbocycles. The van der Waals surface area contributed by atoms with Crippen molar-refractivity contribution in [3.8, 4) is 0 Å². The molecule has 0 bridgehead atoms. The first-order chi connectivity index (χ1) is 12.1. The predicted molar refractivity (Wildman–Crippen MR) is 97.1 cm³/mol. The van der Waals surface area contributed by atoms with Crippen LogP contribution in [0.2, 0.25) is 0 Å². The summed E-state index contributed by atoms with van der Waals surface area (Å²) in [5.74, 6) is 0.679. The van der Waals surface area contributed by atoms with Gasteiger partial charge in [0.1, 0.15) is 0 Å². The van der Waals surface area contributed by atoms with Crippen LogP contribution >= 0.6 is 0 Å². The molecule has 3 rings (SSSR count). The number of aromatic amines is 1. The van der Waals surface area contributed by atoms with Crippen LogP contribution < -0.4 is 15.5 Å². The summed E-state index contributed by atoms with van der Waals surface area (Å²) in [7, 11) is 0. The van der Waals surface area contributed by atoms with Crippen molar-refractivity contribution in [2.75, 3.05) is 23.3 Å². The molecule has 0 unspecified atom stereocenters. The average molecular weight is 341 g/mol. The molecule has 7 nitrogen and oxygen atoms in total. The Hall–Kier alpha value is -2.83. The molecule has 0 radical (unpaired) electrons. The smallest absolute Gasteiger partial charge is 0.321 e. The van der Waals surface area contributed by atoms with Gasteiger partial charge in [-0.1, -0.05) is 20.3 Å². The maximum Gasteiger partial charge on any atom is 0.321 e. The second kappa shape index (κ2) is 7.38. The first-order valence-corrected chi connectivity index (χ1v) is 8.60. The van der Waals surface area contributed by atoms with Crippen molar-refractivity contribution in [1.29, 1.82) is 0 Å². The molecule has 1 aliphatic rings. The summed E-state index contributed by atoms with van der Waals surface area (Å²) in [4.78, 5) is 25.7. The zero-order valence-electron chi connectivity index (χ0n) is 14.5. The van der Waals surface area contributed by atoms with E-state index in [4.69, 9.17) is 0 Å². The average Bonchev–Trinajstić information content (AvgIpc) is 3.24. The fraction of sp³-hybridized carbons (Fsp3) is 0.389. The van der Waals surface area contributed by atoms with Crippen LogP contribution in [-0.4, -0.2) is 35.2 Å². The highest BCUT2D eigenvalue weighted by atomic mass is 16.2. The molecule has 1 aliphatic heterocycles. The lowest BCUT2D eigenvalue weighted by Gasteiger charge is -2.14. The van der Waals surface area contributed by atoms with Crippen molar-refractivity contribution in [2.45, 2.75) is 32.6 Å². The van der Waals surface area contributed by atoms with E-state index in [9.17, 15) is 9.59 Å². The summed E-state index contributed by atoms with van der Waals surface area (Å²) in [5.41, 5.74) is 2.32. The highest BCUT2D eigenvalue weighted by Gasteiger charge is 2.21. The molecule has 1 aromatic heterocycles. The number of H-pyrrole nitrogens is 1. The molecule has 3 amide bonds. The molecular weight excluding hydrogens is 318 g/mol. The van der Waals surface area contributed by atoms with E-state index in [1.165, 1.54) is 0 Å². The molecule has 132 valence electrons. The zero-order chi connectivity index (χ0) is 17.8. The van der Waals surface area contributed by atoms with Crippen molar-refractivity contribution < 1.29 is 9.59 Å². The van der Waals surface area contributed by atoms with Gasteiger partial charge in [-0.05, 0) is 36.6 Å². The molecule has 0 saturated carbocycles. The van der Waals surface area contributed by atoms with Gasteiger partial charge >= 0.3 is 6.03 Å². The number of anilines is 2. The topological polar surface area (TPSA) is 90.1 Å². The Morgan fingerprint density at radius 1 is 1.36 bits per heavy atom. The minimum absolute atomic E-state index is 0.109. The normalized spacial score (nSPS) is 15.1. The van der Waals surface area contributed by atoms with Gasteiger partial charge in [0.05, 0.1) is 0 Å². The van der Waals surface area contributed by atoms with E-state index in [1.807, 2.05) is 6.07 Å². The zero-order valence-corrected chi connectivity index (χ0v) is 14.5. The van der Waals surface area contributed by atoms with Crippen molar-refractivity contribution in [3.63, 3.8) is 0 Å². The van der Waals surface area contributed by atoms with Crippen LogP contribution in [0.1, 0.15) is 48.7 Å². The lowest BCUT2D eigenvalue weighted by atomic mass is 10.0. The minimum Gasteiger partial charge on any atom is -0.336 e. The van der Waals surface area contributed by atoms with E-state index >= 15 is 0 Å². The molecule has 25 heavy (non-hydrogen) atoms. The van der Waals surface area contributed by atoms with Crippen LogP contribution in [-0.2, 0) is 0 Å². The van der Waals surface area contributed by atoms with Crippen molar-refractivity contribution in [2.24, 2.45) is 0 Å². The van der Waals surface area contributed by atoms with E-state index in [0.29, 0.717) is 30.4 Å². The Balaban J connectivity index is 1.64. The molecule has 0 spiro atoms. The van der Waals surface area contributed by atoms with Crippen molar-refractivity contribution in [1.82, 2.24) is 15.5 Å². The van der Waals surface area contributed by atoms with Gasteiger partial charge in [0.15, 0.2) is 5.82 Å². The van der Waals surface area contributed by atoms with Gasteiger partial charge in [-0.25, -0.2) is 4.79 Å². The van der Waals surface area contributed by atoms with Crippen LogP contribution in [0.25, 0.3) is 0 Å². The number of carbonyl (C=O) groups is 2. The van der Waals surface area contributed by atoms with Gasteiger partial charge in [-0.3, -0.25) is 14.8 Å². The second-order valence-corrected chi connectivity index (χ2v) is 6.28. The van der Waals surface area contributed by atoms with Gasteiger partial charge in [-0.2, -0.15) is 5.10 Å². The van der Waals surface area contributed by atoms with E-state index in [-0.39, 0.29) is 11.9 Å². The molecule has 3 N–H and O–H groups in total. The van der Waals surface area contributed by atoms with E-state index in [0.717, 1.165) is 24.2 Å². The number of carbonyl (C=O) groups excluding carboxylic acids is 2. The Morgan fingerprint density at radius 3 is 2.76 bits per heavy atom. The van der Waals surface area contributed by atoms with Crippen molar-refractivity contribution >= 4 is 23.4 Å². The number of hydrogen-bond donors (Lipinski definition) is 3. The number of aromatic nitrogens is 2. The fourth-order valence-corrected chi connectivity index (χ4v) is 2.94. The third-order valence-corrected chi connectivity index (χ3v) is 4.39. The Bertz CT molecular complexity index is 753. The van der Waals surface area contributed by atoms with Crippen LogP contribution in [0, 0.1) is 0 Å². The SMILES string of the molecule is CCC[C@@H](C)c1cc(NC(=O)c2ccc(N3CCNC3=O)cc2)n[nH]1. The maximum atomic E-state index is 12.4. The van der Waals surface area contributed by atoms with E-state index < -0.39 is 0 Å². The fourth-order valence-electron chi connectivity index (χ4n) is 2.94. The Kier molecular flexibility index (Phi) is 5.02. The van der Waals surface area contributed by atoms with Crippen LogP contribution in [0.4, 0.5) is 16.3 Å². The molecular formula is C18H23N5O2. The van der Waals surface area contributed by atoms with E-state index in [1.54, 1.807) is 29.2 Å². The number of amides is 3. The molecule has 7 heteroatoms. The van der Waals surface area contributed by atoms with E-state index in [2.05, 4.69) is 34.7 Å². The molecule has 1 saturated heterocycles. The number of nitrogens with one attached hydrogen (secondary N) is 3. The summed E-state index contributed by atoms with van der Waals surface area (Å²) >= 11 is 0. The van der Waals surface area contributed by atoms with Gasteiger partial charge in [0.2, 0.25) is 0 Å². The summed E-state index contributed by atoms with van der Waals surface area (Å²) in [5, 5.41) is 12.7. The second-order valence-electron chi connectivity index (χ2n) is 6.28. The number of rotatable bonds is 6. The van der Waals surface area contributed by atoms with Gasteiger partial charge in [0.25, 0.3) is 5.91 Å². The number of benzene rings is 1. The standard InChI is InChI=1S/C18H23N5O2/c1-3-4-12(2)15-11-16(22-21-15)20-17(24)13-5-7-14(8-6-13)23-10-9-19-18(23)25/h5-8,11-12H,3-4,9-10H2,1-2H3,(H,19,25)(H2,20,21,22,24)/t12-/m1/s1. The molecule has 1 fully saturated rings. The first-order valence-electron chi connectivity index (χ1n) is 8.60. The molecule has 2 aromatic rings. The molecule has 1 atom stereocenters. The largest absolute Gasteiger partial charge is 0.336 e. The Morgan fingerprint density at radius 2 is 2.12 bits per heavy atom. The van der Waals surface area contributed by atoms with Gasteiger partial charge in [0, 0.05) is 36.1 Å². The first kappa shape index (κ1) is 17.0. The summed E-state index contributed by atoms with van der Waals surface area (Å²) in [6, 6.07) is 8.74. The summed E-state index contributed by atoms with van der Waals surface area (Å²) < 4.78 is 0. The highest BCUT2D eigenvalue weighted by Crippen LogP contribution is 2.21. The lowest BCUT2D eigenvalue weighted by molar-refractivity contribution is 0.102. The van der Waals surface area contributed by atoms with Crippen molar-refractivity contribution in [3.05, 3.63) is 41.6 Å². The van der Waals surface area contributed by atoms with Crippen LogP contribution in [0.3, 0.4) is 0 Å². The lowest BCUT2D eigenvalue weighted by Crippen LogP contribution is -2.27. The van der Waals surface area contributed by atoms with Crippen LogP contribution in [0.15, 0.2) is 30.3 Å². The third kappa shape index (κ3) is 3.81. The monoisotopic (exact) mass is 341 g/mol. The summed E-state index contributed by atoms with van der Waals surface area (Å²) in [6.07, 6.45) is 2.17. The predicted octanol–water partition coefficient (Wildman–Crippen LogP) is 3.10. The molecule has 1 aromatic carbocycles. The highest BCUT2D eigenvalue weighted by molar-refractivity contribution is 6.04. The van der Waals surface area contributed by atoms with Gasteiger partial charge < -0.3 is 10.6 Å². The number of hydrogen-bond acceptors (Lipinski definition) is 3. The number of urea groups is 1. The maximum absolute atomic E-state index is 12.4. The Labute approximate surface area is 146 Å². The summed E-state index contributed by atoms with van der Waals surface area (Å²) in [6.45, 7) is 5.55. The van der Waals surface area contributed by atoms with Crippen LogP contribution in [0.5, 0.6) is 0 Å². The quantitative estimate of drug-likeness (QED) is 0.754. The molecule has 2 heterocycles.